The molecule has 2 N–H and O–H groups in total. The molecule has 246 valence electrons. The third kappa shape index (κ3) is 7.92. The maximum absolute atomic E-state index is 13.9. The van der Waals surface area contributed by atoms with E-state index in [1.807, 2.05) is 55.3 Å². The minimum atomic E-state index is -3.82. The Balaban J connectivity index is 1.45. The van der Waals surface area contributed by atoms with Gasteiger partial charge in [0.15, 0.2) is 5.69 Å². The summed E-state index contributed by atoms with van der Waals surface area (Å²) in [6, 6.07) is 16.9. The second-order valence-electron chi connectivity index (χ2n) is 12.0. The molecule has 4 aromatic rings. The van der Waals surface area contributed by atoms with E-state index in [1.54, 1.807) is 22.9 Å². The van der Waals surface area contributed by atoms with Crippen LogP contribution in [0.5, 0.6) is 0 Å². The lowest BCUT2D eigenvalue weighted by molar-refractivity contribution is 0.0743. The molecule has 47 heavy (non-hydrogen) atoms. The maximum Gasteiger partial charge on any atom is 0.286 e. The number of carbonyl (C=O) groups excluding carboxylic acids is 1. The first-order valence-electron chi connectivity index (χ1n) is 15.6. The molecule has 2 aliphatic heterocycles. The van der Waals surface area contributed by atoms with Gasteiger partial charge in [-0.25, -0.2) is 9.69 Å². The molecule has 6 rings (SSSR count). The predicted octanol–water partition coefficient (Wildman–Crippen LogP) is 6.42. The van der Waals surface area contributed by atoms with Crippen LogP contribution in [0.2, 0.25) is 10.0 Å². The van der Waals surface area contributed by atoms with Gasteiger partial charge in [0.25, 0.3) is 16.1 Å². The summed E-state index contributed by atoms with van der Waals surface area (Å²) >= 11 is 14.4. The molecule has 2 fully saturated rings. The monoisotopic (exact) mass is 710 g/mol. The van der Waals surface area contributed by atoms with Gasteiger partial charge in [0.2, 0.25) is 0 Å². The van der Waals surface area contributed by atoms with E-state index in [0.717, 1.165) is 59.7 Å². The minimum Gasteiger partial charge on any atom is -0.283 e. The van der Waals surface area contributed by atoms with Gasteiger partial charge < -0.3 is 0 Å². The van der Waals surface area contributed by atoms with Gasteiger partial charge in [0.05, 0.1) is 26.2 Å². The number of amides is 1. The van der Waals surface area contributed by atoms with Crippen molar-refractivity contribution < 1.29 is 13.2 Å². The number of nitrogens with zero attached hydrogens (tertiary/aromatic N) is 4. The van der Waals surface area contributed by atoms with Gasteiger partial charge in [0, 0.05) is 48.9 Å². The van der Waals surface area contributed by atoms with E-state index in [-0.39, 0.29) is 18.2 Å². The molecule has 0 aliphatic carbocycles. The topological polar surface area (TPSA) is 99.6 Å². The van der Waals surface area contributed by atoms with Crippen molar-refractivity contribution in [2.45, 2.75) is 46.1 Å². The third-order valence-electron chi connectivity index (χ3n) is 8.33. The number of aromatic nitrogens is 2. The fourth-order valence-corrected chi connectivity index (χ4v) is 8.47. The van der Waals surface area contributed by atoms with Crippen LogP contribution >= 0.6 is 34.5 Å². The summed E-state index contributed by atoms with van der Waals surface area (Å²) in [7, 11) is -3.82. The summed E-state index contributed by atoms with van der Waals surface area (Å²) in [6.07, 6.45) is 3.85. The van der Waals surface area contributed by atoms with Gasteiger partial charge in [-0.05, 0) is 74.6 Å². The fraction of sp³-hybridized carbons (Fsp3) is 0.353. The number of thiophene rings is 1. The van der Waals surface area contributed by atoms with E-state index in [1.165, 1.54) is 15.6 Å². The Morgan fingerprint density at radius 1 is 1.02 bits per heavy atom. The molecule has 2 aromatic heterocycles. The molecule has 4 heterocycles. The normalized spacial score (nSPS) is 17.4. The Morgan fingerprint density at radius 3 is 2.49 bits per heavy atom. The summed E-state index contributed by atoms with van der Waals surface area (Å²) in [4.78, 5) is 15.5. The van der Waals surface area contributed by atoms with Crippen molar-refractivity contribution in [3.05, 3.63) is 91.9 Å². The lowest BCUT2D eigenvalue weighted by atomic mass is 10.1. The fourth-order valence-electron chi connectivity index (χ4n) is 5.75. The number of piperidine rings is 1. The molecule has 13 heteroatoms. The van der Waals surface area contributed by atoms with Crippen molar-refractivity contribution in [1.29, 1.82) is 0 Å². The number of hydrogen-bond donors (Lipinski definition) is 2. The standard InChI is InChI=1S/C34H36Cl2N6O3S2/c1-23-6-8-25(9-7-23)10-12-27-13-15-31(46-27)33-28(21-37-47(44,45)41-19-16-24(2)22-41)32(34(43)39-40-17-4-3-5-18-40)38-42(33)30-14-11-26(35)20-29(30)36/h6-9,11,13-15,20,24,37H,3-5,16-19,21-22H2,1-2H3,(H,39,43). The number of aryl methyl sites for hydroxylation is 1. The van der Waals surface area contributed by atoms with E-state index < -0.39 is 16.1 Å². The highest BCUT2D eigenvalue weighted by molar-refractivity contribution is 7.87. The van der Waals surface area contributed by atoms with Crippen molar-refractivity contribution >= 4 is 50.7 Å². The summed E-state index contributed by atoms with van der Waals surface area (Å²) < 4.78 is 32.7. The van der Waals surface area contributed by atoms with Crippen LogP contribution in [-0.4, -0.2) is 59.6 Å². The zero-order valence-electron chi connectivity index (χ0n) is 26.2. The summed E-state index contributed by atoms with van der Waals surface area (Å²) in [5, 5.41) is 7.48. The second kappa shape index (κ2) is 14.5. The average molecular weight is 712 g/mol. The largest absolute Gasteiger partial charge is 0.286 e. The van der Waals surface area contributed by atoms with Gasteiger partial charge >= 0.3 is 0 Å². The van der Waals surface area contributed by atoms with E-state index in [4.69, 9.17) is 28.3 Å². The maximum atomic E-state index is 13.9. The quantitative estimate of drug-likeness (QED) is 0.206. The first-order chi connectivity index (χ1) is 22.6. The van der Waals surface area contributed by atoms with Gasteiger partial charge in [-0.3, -0.25) is 10.2 Å². The molecule has 0 bridgehead atoms. The second-order valence-corrected chi connectivity index (χ2v) is 15.7. The predicted molar refractivity (Wildman–Crippen MR) is 188 cm³/mol. The molecule has 0 spiro atoms. The highest BCUT2D eigenvalue weighted by atomic mass is 35.5. The van der Waals surface area contributed by atoms with Crippen molar-refractivity contribution in [3.63, 3.8) is 0 Å². The van der Waals surface area contributed by atoms with Crippen LogP contribution < -0.4 is 10.1 Å². The van der Waals surface area contributed by atoms with Crippen LogP contribution in [0.15, 0.2) is 54.6 Å². The lowest BCUT2D eigenvalue weighted by Crippen LogP contribution is -2.45. The number of hydrazine groups is 1. The van der Waals surface area contributed by atoms with Crippen LogP contribution in [-0.2, 0) is 16.8 Å². The van der Waals surface area contributed by atoms with E-state index >= 15 is 0 Å². The van der Waals surface area contributed by atoms with Crippen LogP contribution in [0.1, 0.15) is 64.7 Å². The van der Waals surface area contributed by atoms with Crippen molar-refractivity contribution in [2.24, 2.45) is 5.92 Å². The zero-order chi connectivity index (χ0) is 33.1. The van der Waals surface area contributed by atoms with Crippen molar-refractivity contribution in [1.82, 2.24) is 29.2 Å². The van der Waals surface area contributed by atoms with E-state index in [9.17, 15) is 13.2 Å². The van der Waals surface area contributed by atoms with Crippen molar-refractivity contribution in [3.8, 4) is 28.1 Å². The van der Waals surface area contributed by atoms with Crippen LogP contribution in [0.25, 0.3) is 16.3 Å². The summed E-state index contributed by atoms with van der Waals surface area (Å²) in [5.74, 6) is 6.31. The Hall–Kier alpha value is -3.21. The van der Waals surface area contributed by atoms with Crippen LogP contribution in [0.3, 0.4) is 0 Å². The first kappa shape index (κ1) is 33.7. The number of carbonyl (C=O) groups is 1. The molecule has 0 saturated carbocycles. The molecule has 2 aromatic carbocycles. The lowest BCUT2D eigenvalue weighted by Gasteiger charge is -2.26. The molecular formula is C34H36Cl2N6O3S2. The van der Waals surface area contributed by atoms with Gasteiger partial charge in [0.1, 0.15) is 0 Å². The number of benzene rings is 2. The van der Waals surface area contributed by atoms with Crippen molar-refractivity contribution in [2.75, 3.05) is 26.2 Å². The average Bonchev–Trinajstić information content (AvgIpc) is 3.79. The minimum absolute atomic E-state index is 0.106. The summed E-state index contributed by atoms with van der Waals surface area (Å²) in [5.41, 5.74) is 6.64. The van der Waals surface area contributed by atoms with Crippen LogP contribution in [0.4, 0.5) is 0 Å². The zero-order valence-corrected chi connectivity index (χ0v) is 29.4. The molecule has 1 unspecified atom stereocenters. The van der Waals surface area contributed by atoms with Gasteiger partial charge in [-0.15, -0.1) is 11.3 Å². The van der Waals surface area contributed by atoms with Gasteiger partial charge in [-0.1, -0.05) is 66.1 Å². The number of nitrogens with one attached hydrogen (secondary N) is 2. The molecule has 0 radical (unpaired) electrons. The SMILES string of the molecule is Cc1ccc(C#Cc2ccc(-c3c(CNS(=O)(=O)N4CCC(C)C4)c(C(=O)NN4CCCCC4)nn3-c3ccc(Cl)cc3Cl)s2)cc1. The Morgan fingerprint density at radius 2 is 1.79 bits per heavy atom. The molecular weight excluding hydrogens is 675 g/mol. The van der Waals surface area contributed by atoms with Crippen LogP contribution in [0, 0.1) is 24.7 Å². The summed E-state index contributed by atoms with van der Waals surface area (Å²) in [6.45, 7) is 6.25. The number of hydrogen-bond acceptors (Lipinski definition) is 6. The first-order valence-corrected chi connectivity index (χ1v) is 18.7. The Kier molecular flexibility index (Phi) is 10.4. The number of halogens is 2. The molecule has 2 saturated heterocycles. The Labute approximate surface area is 290 Å². The number of rotatable bonds is 8. The molecule has 2 aliphatic rings. The molecule has 1 atom stereocenters. The smallest absolute Gasteiger partial charge is 0.283 e. The highest BCUT2D eigenvalue weighted by Gasteiger charge is 2.32. The molecule has 9 nitrogen and oxygen atoms in total. The van der Waals surface area contributed by atoms with Gasteiger partial charge in [-0.2, -0.15) is 22.5 Å². The molecule has 1 amide bonds. The Bertz CT molecular complexity index is 1940. The highest BCUT2D eigenvalue weighted by Crippen LogP contribution is 2.37. The van der Waals surface area contributed by atoms with E-state index in [2.05, 4.69) is 22.0 Å². The van der Waals surface area contributed by atoms with E-state index in [0.29, 0.717) is 40.1 Å². The third-order valence-corrected chi connectivity index (χ3v) is 11.4.